The van der Waals surface area contributed by atoms with Gasteiger partial charge in [-0.05, 0) is 39.0 Å². The van der Waals surface area contributed by atoms with Gasteiger partial charge >= 0.3 is 8.25 Å². The standard InChI is InChI=1S/C14H33N2O3P/c1-5-15(6-2)11-9-13-18-20(17)19-14-10-12-16(7-3)8-4/h20H,5-14H2,1-4H3. The first kappa shape index (κ1) is 20.1. The summed E-state index contributed by atoms with van der Waals surface area (Å²) in [4.78, 5) is 4.65. The van der Waals surface area contributed by atoms with E-state index in [4.69, 9.17) is 9.05 Å². The van der Waals surface area contributed by atoms with Gasteiger partial charge in [0.05, 0.1) is 13.2 Å². The SMILES string of the molecule is CCN(CC)CCCO[PH](=O)OCCCN(CC)CC. The van der Waals surface area contributed by atoms with Crippen LogP contribution in [0.2, 0.25) is 0 Å². The van der Waals surface area contributed by atoms with Crippen molar-refractivity contribution in [2.45, 2.75) is 40.5 Å². The fourth-order valence-electron chi connectivity index (χ4n) is 2.01. The molecule has 6 heteroatoms. The monoisotopic (exact) mass is 308 g/mol. The van der Waals surface area contributed by atoms with Crippen LogP contribution < -0.4 is 0 Å². The Balaban J connectivity index is 3.45. The predicted molar refractivity (Wildman–Crippen MR) is 85.7 cm³/mol. The van der Waals surface area contributed by atoms with Crippen molar-refractivity contribution in [3.8, 4) is 0 Å². The lowest BCUT2D eigenvalue weighted by molar-refractivity contribution is 0.197. The zero-order chi connectivity index (χ0) is 15.2. The maximum absolute atomic E-state index is 11.5. The van der Waals surface area contributed by atoms with Crippen LogP contribution in [-0.2, 0) is 13.6 Å². The largest absolute Gasteiger partial charge is 0.319 e. The molecule has 0 aliphatic carbocycles. The third-order valence-electron chi connectivity index (χ3n) is 3.47. The maximum Gasteiger partial charge on any atom is 0.319 e. The van der Waals surface area contributed by atoms with Gasteiger partial charge in [0, 0.05) is 13.1 Å². The number of hydrogen-bond donors (Lipinski definition) is 0. The Morgan fingerprint density at radius 3 is 1.40 bits per heavy atom. The number of hydrogen-bond acceptors (Lipinski definition) is 5. The van der Waals surface area contributed by atoms with Crippen LogP contribution in [0.25, 0.3) is 0 Å². The van der Waals surface area contributed by atoms with E-state index in [9.17, 15) is 4.57 Å². The van der Waals surface area contributed by atoms with Crippen LogP contribution in [0.1, 0.15) is 40.5 Å². The minimum Gasteiger partial charge on any atom is -0.311 e. The summed E-state index contributed by atoms with van der Waals surface area (Å²) in [6.07, 6.45) is 1.81. The van der Waals surface area contributed by atoms with Crippen LogP contribution in [0.3, 0.4) is 0 Å². The van der Waals surface area contributed by atoms with Crippen LogP contribution in [0, 0.1) is 0 Å². The Morgan fingerprint density at radius 2 is 1.10 bits per heavy atom. The summed E-state index contributed by atoms with van der Waals surface area (Å²) in [5, 5.41) is 0. The molecule has 0 fully saturated rings. The molecule has 0 N–H and O–H groups in total. The van der Waals surface area contributed by atoms with Gasteiger partial charge in [-0.1, -0.05) is 27.7 Å². The van der Waals surface area contributed by atoms with E-state index in [1.807, 2.05) is 0 Å². The first-order valence-electron chi connectivity index (χ1n) is 7.92. The summed E-state index contributed by atoms with van der Waals surface area (Å²) < 4.78 is 22.0. The van der Waals surface area contributed by atoms with Crippen molar-refractivity contribution in [3.05, 3.63) is 0 Å². The highest BCUT2D eigenvalue weighted by Gasteiger charge is 2.03. The number of rotatable bonds is 14. The maximum atomic E-state index is 11.5. The quantitative estimate of drug-likeness (QED) is 0.364. The molecule has 0 spiro atoms. The normalized spacial score (nSPS) is 11.9. The third-order valence-corrected chi connectivity index (χ3v) is 4.35. The van der Waals surface area contributed by atoms with Gasteiger partial charge in [0.25, 0.3) is 0 Å². The molecule has 0 amide bonds. The van der Waals surface area contributed by atoms with Crippen molar-refractivity contribution in [1.82, 2.24) is 9.80 Å². The Hall–Kier alpha value is 0.0700. The van der Waals surface area contributed by atoms with E-state index in [-0.39, 0.29) is 0 Å². The molecule has 0 unspecified atom stereocenters. The molecule has 0 saturated carbocycles. The molecule has 0 aromatic heterocycles. The molecule has 0 aliphatic heterocycles. The lowest BCUT2D eigenvalue weighted by Crippen LogP contribution is -2.24. The average Bonchev–Trinajstić information content (AvgIpc) is 2.47. The van der Waals surface area contributed by atoms with Gasteiger partial charge in [0.15, 0.2) is 0 Å². The van der Waals surface area contributed by atoms with E-state index < -0.39 is 8.25 Å². The second-order valence-corrected chi connectivity index (χ2v) is 5.79. The Labute approximate surface area is 125 Å². The van der Waals surface area contributed by atoms with Crippen LogP contribution >= 0.6 is 8.25 Å². The van der Waals surface area contributed by atoms with E-state index in [2.05, 4.69) is 37.5 Å². The van der Waals surface area contributed by atoms with Gasteiger partial charge in [0.1, 0.15) is 0 Å². The highest BCUT2D eigenvalue weighted by molar-refractivity contribution is 7.33. The van der Waals surface area contributed by atoms with Crippen molar-refractivity contribution in [2.24, 2.45) is 0 Å². The molecular formula is C14H33N2O3P. The fourth-order valence-corrected chi connectivity index (χ4v) is 2.71. The molecule has 5 nitrogen and oxygen atoms in total. The highest BCUT2D eigenvalue weighted by atomic mass is 31.1. The summed E-state index contributed by atoms with van der Waals surface area (Å²) >= 11 is 0. The summed E-state index contributed by atoms with van der Waals surface area (Å²) in [5.74, 6) is 0. The zero-order valence-corrected chi connectivity index (χ0v) is 14.7. The Kier molecular flexibility index (Phi) is 14.1. The molecule has 0 aromatic carbocycles. The zero-order valence-electron chi connectivity index (χ0n) is 13.7. The van der Waals surface area contributed by atoms with Gasteiger partial charge in [-0.15, -0.1) is 0 Å². The van der Waals surface area contributed by atoms with Crippen LogP contribution in [0.15, 0.2) is 0 Å². The minimum atomic E-state index is -2.30. The molecule has 0 heterocycles. The van der Waals surface area contributed by atoms with Crippen LogP contribution in [0.5, 0.6) is 0 Å². The van der Waals surface area contributed by atoms with E-state index >= 15 is 0 Å². The second-order valence-electron chi connectivity index (χ2n) is 4.71. The first-order chi connectivity index (χ1) is 9.67. The summed E-state index contributed by atoms with van der Waals surface area (Å²) in [6.45, 7) is 15.8. The summed E-state index contributed by atoms with van der Waals surface area (Å²) in [7, 11) is -2.30. The lowest BCUT2D eigenvalue weighted by Gasteiger charge is -2.18. The van der Waals surface area contributed by atoms with E-state index in [0.29, 0.717) is 13.2 Å². The van der Waals surface area contributed by atoms with Crippen LogP contribution in [0.4, 0.5) is 0 Å². The molecule has 0 saturated heterocycles. The van der Waals surface area contributed by atoms with Crippen molar-refractivity contribution in [1.29, 1.82) is 0 Å². The van der Waals surface area contributed by atoms with Crippen molar-refractivity contribution < 1.29 is 13.6 Å². The van der Waals surface area contributed by atoms with E-state index in [1.54, 1.807) is 0 Å². The molecular weight excluding hydrogens is 275 g/mol. The molecule has 0 aromatic rings. The first-order valence-corrected chi connectivity index (χ1v) is 9.14. The fraction of sp³-hybridized carbons (Fsp3) is 1.00. The lowest BCUT2D eigenvalue weighted by atomic mass is 10.4. The van der Waals surface area contributed by atoms with E-state index in [0.717, 1.165) is 52.1 Å². The van der Waals surface area contributed by atoms with Gasteiger partial charge in [-0.25, -0.2) is 0 Å². The third kappa shape index (κ3) is 10.8. The molecule has 0 rings (SSSR count). The van der Waals surface area contributed by atoms with Gasteiger partial charge in [-0.2, -0.15) is 0 Å². The van der Waals surface area contributed by atoms with E-state index in [1.165, 1.54) is 0 Å². The van der Waals surface area contributed by atoms with Crippen molar-refractivity contribution in [2.75, 3.05) is 52.5 Å². The Morgan fingerprint density at radius 1 is 0.750 bits per heavy atom. The molecule has 122 valence electrons. The highest BCUT2D eigenvalue weighted by Crippen LogP contribution is 2.23. The molecule has 0 aliphatic rings. The van der Waals surface area contributed by atoms with Crippen molar-refractivity contribution >= 4 is 8.25 Å². The molecule has 0 atom stereocenters. The molecule has 0 bridgehead atoms. The summed E-state index contributed by atoms with van der Waals surface area (Å²) in [6, 6.07) is 0. The summed E-state index contributed by atoms with van der Waals surface area (Å²) in [5.41, 5.74) is 0. The van der Waals surface area contributed by atoms with Gasteiger partial charge in [-0.3, -0.25) is 4.57 Å². The van der Waals surface area contributed by atoms with Crippen LogP contribution in [-0.4, -0.2) is 62.3 Å². The minimum absolute atomic E-state index is 0.518. The number of nitrogens with zero attached hydrogens (tertiary/aromatic N) is 2. The smallest absolute Gasteiger partial charge is 0.311 e. The van der Waals surface area contributed by atoms with Gasteiger partial charge < -0.3 is 18.8 Å². The van der Waals surface area contributed by atoms with Gasteiger partial charge in [0.2, 0.25) is 0 Å². The topological polar surface area (TPSA) is 42.0 Å². The predicted octanol–water partition coefficient (Wildman–Crippen LogP) is 2.87. The molecule has 0 radical (unpaired) electrons. The second kappa shape index (κ2) is 14.0. The van der Waals surface area contributed by atoms with Crippen molar-refractivity contribution in [3.63, 3.8) is 0 Å². The Bertz CT molecular complexity index is 212. The average molecular weight is 308 g/mol. The molecule has 20 heavy (non-hydrogen) atoms.